The SMILES string of the molecule is Cc1ccc([N+](=O)[O-])cc1NC(=O)c1cnn(-c2ccc(Cl)cc2)c1. The lowest BCUT2D eigenvalue weighted by molar-refractivity contribution is -0.384. The average Bonchev–Trinajstić information content (AvgIpc) is 3.07. The molecule has 25 heavy (non-hydrogen) atoms. The van der Waals surface area contributed by atoms with Crippen LogP contribution in [0.4, 0.5) is 11.4 Å². The van der Waals surface area contributed by atoms with Crippen molar-refractivity contribution < 1.29 is 9.72 Å². The van der Waals surface area contributed by atoms with E-state index in [2.05, 4.69) is 10.4 Å². The Morgan fingerprint density at radius 2 is 1.96 bits per heavy atom. The lowest BCUT2D eigenvalue weighted by atomic mass is 10.1. The quantitative estimate of drug-likeness (QED) is 0.565. The maximum atomic E-state index is 12.4. The third kappa shape index (κ3) is 3.67. The van der Waals surface area contributed by atoms with Crippen molar-refractivity contribution in [1.82, 2.24) is 9.78 Å². The smallest absolute Gasteiger partial charge is 0.271 e. The predicted octanol–water partition coefficient (Wildman–Crippen LogP) is 3.99. The van der Waals surface area contributed by atoms with Crippen LogP contribution in [-0.2, 0) is 0 Å². The number of nitro benzene ring substituents is 1. The molecule has 0 saturated carbocycles. The van der Waals surface area contributed by atoms with Crippen LogP contribution in [0.15, 0.2) is 54.9 Å². The highest BCUT2D eigenvalue weighted by Crippen LogP contribution is 2.22. The fraction of sp³-hybridized carbons (Fsp3) is 0.0588. The Hall–Kier alpha value is -3.19. The summed E-state index contributed by atoms with van der Waals surface area (Å²) >= 11 is 5.85. The molecule has 1 N–H and O–H groups in total. The molecule has 0 saturated heterocycles. The van der Waals surface area contributed by atoms with Crippen LogP contribution in [0.3, 0.4) is 0 Å². The van der Waals surface area contributed by atoms with Crippen molar-refractivity contribution >= 4 is 28.9 Å². The molecule has 3 rings (SSSR count). The van der Waals surface area contributed by atoms with Gasteiger partial charge in [0.2, 0.25) is 0 Å². The monoisotopic (exact) mass is 356 g/mol. The molecule has 0 unspecified atom stereocenters. The van der Waals surface area contributed by atoms with Gasteiger partial charge < -0.3 is 5.32 Å². The second-order valence-electron chi connectivity index (χ2n) is 5.36. The van der Waals surface area contributed by atoms with Gasteiger partial charge in [0.05, 0.1) is 28.1 Å². The number of carbonyl (C=O) groups is 1. The summed E-state index contributed by atoms with van der Waals surface area (Å²) in [5, 5.41) is 18.3. The number of nitrogens with one attached hydrogen (secondary N) is 1. The van der Waals surface area contributed by atoms with Gasteiger partial charge in [-0.05, 0) is 36.8 Å². The molecule has 0 spiro atoms. The van der Waals surface area contributed by atoms with Gasteiger partial charge in [0, 0.05) is 23.4 Å². The molecule has 2 aromatic carbocycles. The maximum Gasteiger partial charge on any atom is 0.271 e. The molecular formula is C17H13ClN4O3. The highest BCUT2D eigenvalue weighted by atomic mass is 35.5. The van der Waals surface area contributed by atoms with Crippen LogP contribution in [0.2, 0.25) is 5.02 Å². The molecule has 0 aliphatic heterocycles. The standard InChI is InChI=1S/C17H13ClN4O3/c1-11-2-5-15(22(24)25)8-16(11)20-17(23)12-9-19-21(10-12)14-6-3-13(18)4-7-14/h2-10H,1H3,(H,20,23). The molecule has 8 heteroatoms. The Kier molecular flexibility index (Phi) is 4.49. The van der Waals surface area contributed by atoms with Crippen molar-refractivity contribution in [3.8, 4) is 5.69 Å². The lowest BCUT2D eigenvalue weighted by Crippen LogP contribution is -2.12. The van der Waals surface area contributed by atoms with Crippen LogP contribution < -0.4 is 5.32 Å². The number of hydrogen-bond donors (Lipinski definition) is 1. The third-order valence-corrected chi connectivity index (χ3v) is 3.87. The van der Waals surface area contributed by atoms with E-state index < -0.39 is 10.8 Å². The zero-order chi connectivity index (χ0) is 18.0. The topological polar surface area (TPSA) is 90.1 Å². The molecule has 0 aliphatic carbocycles. The summed E-state index contributed by atoms with van der Waals surface area (Å²) in [5.41, 5.74) is 2.12. The number of hydrogen-bond acceptors (Lipinski definition) is 4. The molecule has 0 atom stereocenters. The van der Waals surface area contributed by atoms with E-state index >= 15 is 0 Å². The molecule has 0 aliphatic rings. The second-order valence-corrected chi connectivity index (χ2v) is 5.80. The van der Waals surface area contributed by atoms with Gasteiger partial charge in [-0.3, -0.25) is 14.9 Å². The van der Waals surface area contributed by atoms with Crippen LogP contribution in [-0.4, -0.2) is 20.6 Å². The maximum absolute atomic E-state index is 12.4. The fourth-order valence-electron chi connectivity index (χ4n) is 2.23. The van der Waals surface area contributed by atoms with Gasteiger partial charge in [-0.2, -0.15) is 5.10 Å². The van der Waals surface area contributed by atoms with E-state index in [1.165, 1.54) is 18.3 Å². The highest BCUT2D eigenvalue weighted by Gasteiger charge is 2.14. The summed E-state index contributed by atoms with van der Waals surface area (Å²) in [5.74, 6) is -0.399. The normalized spacial score (nSPS) is 10.5. The molecule has 0 radical (unpaired) electrons. The van der Waals surface area contributed by atoms with Gasteiger partial charge in [0.15, 0.2) is 0 Å². The number of aromatic nitrogens is 2. The van der Waals surface area contributed by atoms with Gasteiger partial charge >= 0.3 is 0 Å². The first-order chi connectivity index (χ1) is 11.9. The van der Waals surface area contributed by atoms with Gasteiger partial charge in [0.25, 0.3) is 11.6 Å². The van der Waals surface area contributed by atoms with Crippen molar-refractivity contribution in [2.75, 3.05) is 5.32 Å². The van der Waals surface area contributed by atoms with E-state index in [1.54, 1.807) is 48.1 Å². The van der Waals surface area contributed by atoms with Gasteiger partial charge in [-0.1, -0.05) is 17.7 Å². The van der Waals surface area contributed by atoms with Crippen LogP contribution >= 0.6 is 11.6 Å². The van der Waals surface area contributed by atoms with Crippen molar-refractivity contribution in [3.63, 3.8) is 0 Å². The van der Waals surface area contributed by atoms with E-state index in [0.29, 0.717) is 16.3 Å². The minimum atomic E-state index is -0.506. The van der Waals surface area contributed by atoms with Crippen molar-refractivity contribution in [2.24, 2.45) is 0 Å². The zero-order valence-electron chi connectivity index (χ0n) is 13.1. The van der Waals surface area contributed by atoms with Crippen molar-refractivity contribution in [3.05, 3.63) is 81.1 Å². The van der Waals surface area contributed by atoms with Gasteiger partial charge in [0.1, 0.15) is 0 Å². The Balaban J connectivity index is 1.82. The average molecular weight is 357 g/mol. The number of halogens is 1. The van der Waals surface area contributed by atoms with E-state index in [9.17, 15) is 14.9 Å². The third-order valence-electron chi connectivity index (χ3n) is 3.62. The Labute approximate surface area is 148 Å². The Bertz CT molecular complexity index is 951. The number of aryl methyl sites for hydroxylation is 1. The van der Waals surface area contributed by atoms with Crippen LogP contribution in [0.5, 0.6) is 0 Å². The van der Waals surface area contributed by atoms with E-state index in [1.807, 2.05) is 0 Å². The van der Waals surface area contributed by atoms with Crippen molar-refractivity contribution in [2.45, 2.75) is 6.92 Å². The number of anilines is 1. The molecule has 0 bridgehead atoms. The number of amides is 1. The molecule has 1 aromatic heterocycles. The predicted molar refractivity (Wildman–Crippen MR) is 94.4 cm³/mol. The number of non-ortho nitro benzene ring substituents is 1. The second kappa shape index (κ2) is 6.74. The molecule has 126 valence electrons. The van der Waals surface area contributed by atoms with E-state index in [-0.39, 0.29) is 5.69 Å². The zero-order valence-corrected chi connectivity index (χ0v) is 13.9. The molecule has 0 fully saturated rings. The molecule has 1 amide bonds. The number of nitrogens with zero attached hydrogens (tertiary/aromatic N) is 3. The first-order valence-corrected chi connectivity index (χ1v) is 7.69. The number of nitro groups is 1. The molecule has 3 aromatic rings. The number of carbonyl (C=O) groups excluding carboxylic acids is 1. The Morgan fingerprint density at radius 3 is 2.64 bits per heavy atom. The summed E-state index contributed by atoms with van der Waals surface area (Å²) in [4.78, 5) is 22.8. The van der Waals surface area contributed by atoms with Crippen LogP contribution in [0, 0.1) is 17.0 Å². The minimum Gasteiger partial charge on any atom is -0.321 e. The molecule has 7 nitrogen and oxygen atoms in total. The molecular weight excluding hydrogens is 344 g/mol. The summed E-state index contributed by atoms with van der Waals surface area (Å²) in [6.45, 7) is 1.76. The van der Waals surface area contributed by atoms with E-state index in [4.69, 9.17) is 11.6 Å². The molecule has 1 heterocycles. The van der Waals surface area contributed by atoms with Gasteiger partial charge in [-0.25, -0.2) is 4.68 Å². The minimum absolute atomic E-state index is 0.0854. The largest absolute Gasteiger partial charge is 0.321 e. The van der Waals surface area contributed by atoms with E-state index in [0.717, 1.165) is 11.3 Å². The van der Waals surface area contributed by atoms with Crippen molar-refractivity contribution in [1.29, 1.82) is 0 Å². The summed E-state index contributed by atoms with van der Waals surface area (Å²) < 4.78 is 1.55. The highest BCUT2D eigenvalue weighted by molar-refractivity contribution is 6.30. The van der Waals surface area contributed by atoms with Gasteiger partial charge in [-0.15, -0.1) is 0 Å². The van der Waals surface area contributed by atoms with Crippen LogP contribution in [0.25, 0.3) is 5.69 Å². The summed E-state index contributed by atoms with van der Waals surface area (Å²) in [6.07, 6.45) is 3.00. The number of rotatable bonds is 4. The lowest BCUT2D eigenvalue weighted by Gasteiger charge is -2.07. The first-order valence-electron chi connectivity index (χ1n) is 7.31. The number of benzene rings is 2. The Morgan fingerprint density at radius 1 is 1.24 bits per heavy atom. The summed E-state index contributed by atoms with van der Waals surface area (Å²) in [7, 11) is 0. The van der Waals surface area contributed by atoms with Crippen LogP contribution in [0.1, 0.15) is 15.9 Å². The summed E-state index contributed by atoms with van der Waals surface area (Å²) in [6, 6.07) is 11.3. The first kappa shape index (κ1) is 16.7. The fourth-order valence-corrected chi connectivity index (χ4v) is 2.35.